The molecular formula is C13H25N3O2. The van der Waals surface area contributed by atoms with E-state index in [1.165, 1.54) is 0 Å². The van der Waals surface area contributed by atoms with Crippen LogP contribution in [0.15, 0.2) is 0 Å². The SMILES string of the molecule is CC1CC(C(=O)NCCCN2CCNCC2)CO1. The summed E-state index contributed by atoms with van der Waals surface area (Å²) >= 11 is 0. The molecule has 5 heteroatoms. The number of carbonyl (C=O) groups is 1. The molecule has 0 bridgehead atoms. The summed E-state index contributed by atoms with van der Waals surface area (Å²) in [4.78, 5) is 14.3. The van der Waals surface area contributed by atoms with Gasteiger partial charge in [0.25, 0.3) is 0 Å². The molecule has 1 amide bonds. The molecule has 2 saturated heterocycles. The molecule has 18 heavy (non-hydrogen) atoms. The lowest BCUT2D eigenvalue weighted by Gasteiger charge is -2.27. The highest BCUT2D eigenvalue weighted by molar-refractivity contribution is 5.79. The van der Waals surface area contributed by atoms with E-state index < -0.39 is 0 Å². The van der Waals surface area contributed by atoms with Gasteiger partial charge in [-0.15, -0.1) is 0 Å². The van der Waals surface area contributed by atoms with Crippen molar-refractivity contribution >= 4 is 5.91 Å². The topological polar surface area (TPSA) is 53.6 Å². The Labute approximate surface area is 109 Å². The molecule has 2 rings (SSSR count). The fraction of sp³-hybridized carbons (Fsp3) is 0.923. The van der Waals surface area contributed by atoms with Crippen molar-refractivity contribution in [2.75, 3.05) is 45.9 Å². The van der Waals surface area contributed by atoms with Crippen molar-refractivity contribution in [3.8, 4) is 0 Å². The Hall–Kier alpha value is -0.650. The van der Waals surface area contributed by atoms with E-state index in [-0.39, 0.29) is 17.9 Å². The molecule has 0 radical (unpaired) electrons. The Morgan fingerprint density at radius 1 is 1.44 bits per heavy atom. The van der Waals surface area contributed by atoms with Crippen LogP contribution in [0.3, 0.4) is 0 Å². The number of hydrogen-bond donors (Lipinski definition) is 2. The van der Waals surface area contributed by atoms with Gasteiger partial charge in [-0.1, -0.05) is 0 Å². The smallest absolute Gasteiger partial charge is 0.225 e. The molecular weight excluding hydrogens is 230 g/mol. The molecule has 0 saturated carbocycles. The zero-order chi connectivity index (χ0) is 12.8. The van der Waals surface area contributed by atoms with Crippen LogP contribution in [0.5, 0.6) is 0 Å². The van der Waals surface area contributed by atoms with Gasteiger partial charge in [-0.25, -0.2) is 0 Å². The van der Waals surface area contributed by atoms with Crippen LogP contribution in [0.2, 0.25) is 0 Å². The Morgan fingerprint density at radius 3 is 2.89 bits per heavy atom. The van der Waals surface area contributed by atoms with Crippen molar-refractivity contribution in [1.29, 1.82) is 0 Å². The van der Waals surface area contributed by atoms with Gasteiger partial charge in [-0.3, -0.25) is 4.79 Å². The predicted octanol–water partition coefficient (Wildman–Crippen LogP) is -0.177. The number of nitrogens with one attached hydrogen (secondary N) is 2. The van der Waals surface area contributed by atoms with Gasteiger partial charge in [0.15, 0.2) is 0 Å². The first-order chi connectivity index (χ1) is 8.75. The first-order valence-electron chi connectivity index (χ1n) is 7.08. The maximum absolute atomic E-state index is 11.8. The third-order valence-electron chi connectivity index (χ3n) is 3.73. The van der Waals surface area contributed by atoms with E-state index >= 15 is 0 Å². The van der Waals surface area contributed by atoms with E-state index in [0.717, 1.165) is 52.1 Å². The molecule has 2 unspecified atom stereocenters. The largest absolute Gasteiger partial charge is 0.378 e. The van der Waals surface area contributed by atoms with Crippen molar-refractivity contribution in [3.63, 3.8) is 0 Å². The highest BCUT2D eigenvalue weighted by Gasteiger charge is 2.27. The molecule has 2 N–H and O–H groups in total. The van der Waals surface area contributed by atoms with Gasteiger partial charge in [0.05, 0.1) is 18.6 Å². The number of piperazine rings is 1. The van der Waals surface area contributed by atoms with Crippen molar-refractivity contribution in [3.05, 3.63) is 0 Å². The minimum Gasteiger partial charge on any atom is -0.378 e. The Bertz CT molecular complexity index is 267. The van der Waals surface area contributed by atoms with Crippen LogP contribution in [0, 0.1) is 5.92 Å². The first-order valence-corrected chi connectivity index (χ1v) is 7.08. The fourth-order valence-corrected chi connectivity index (χ4v) is 2.59. The monoisotopic (exact) mass is 255 g/mol. The highest BCUT2D eigenvalue weighted by Crippen LogP contribution is 2.18. The number of rotatable bonds is 5. The van der Waals surface area contributed by atoms with Gasteiger partial charge in [0.2, 0.25) is 5.91 Å². The van der Waals surface area contributed by atoms with Crippen LogP contribution >= 0.6 is 0 Å². The van der Waals surface area contributed by atoms with Crippen LogP contribution in [0.1, 0.15) is 19.8 Å². The number of nitrogens with zero attached hydrogens (tertiary/aromatic N) is 1. The summed E-state index contributed by atoms with van der Waals surface area (Å²) in [7, 11) is 0. The lowest BCUT2D eigenvalue weighted by molar-refractivity contribution is -0.124. The molecule has 5 nitrogen and oxygen atoms in total. The average molecular weight is 255 g/mol. The minimum absolute atomic E-state index is 0.0687. The summed E-state index contributed by atoms with van der Waals surface area (Å²) in [6.45, 7) is 8.91. The van der Waals surface area contributed by atoms with Gasteiger partial charge >= 0.3 is 0 Å². The summed E-state index contributed by atoms with van der Waals surface area (Å²) in [5.74, 6) is 0.235. The summed E-state index contributed by atoms with van der Waals surface area (Å²) in [5, 5.41) is 6.36. The Balaban J connectivity index is 1.53. The number of ether oxygens (including phenoxy) is 1. The van der Waals surface area contributed by atoms with Crippen LogP contribution in [0.25, 0.3) is 0 Å². The average Bonchev–Trinajstić information content (AvgIpc) is 2.82. The Kier molecular flexibility index (Phi) is 5.41. The number of amides is 1. The second kappa shape index (κ2) is 7.07. The molecule has 2 aliphatic heterocycles. The summed E-state index contributed by atoms with van der Waals surface area (Å²) in [6.07, 6.45) is 2.14. The van der Waals surface area contributed by atoms with E-state index in [2.05, 4.69) is 15.5 Å². The zero-order valence-electron chi connectivity index (χ0n) is 11.3. The maximum atomic E-state index is 11.8. The number of hydrogen-bond acceptors (Lipinski definition) is 4. The molecule has 0 aromatic carbocycles. The van der Waals surface area contributed by atoms with E-state index in [4.69, 9.17) is 4.74 Å². The van der Waals surface area contributed by atoms with E-state index in [9.17, 15) is 4.79 Å². The normalized spacial score (nSPS) is 29.4. The summed E-state index contributed by atoms with van der Waals surface area (Å²) < 4.78 is 5.41. The molecule has 0 aliphatic carbocycles. The molecule has 0 aromatic rings. The van der Waals surface area contributed by atoms with Crippen molar-refractivity contribution in [2.24, 2.45) is 5.92 Å². The molecule has 2 atom stereocenters. The van der Waals surface area contributed by atoms with E-state index in [1.807, 2.05) is 6.92 Å². The highest BCUT2D eigenvalue weighted by atomic mass is 16.5. The lowest BCUT2D eigenvalue weighted by Crippen LogP contribution is -2.44. The second-order valence-electron chi connectivity index (χ2n) is 5.31. The van der Waals surface area contributed by atoms with Crippen molar-refractivity contribution < 1.29 is 9.53 Å². The quantitative estimate of drug-likeness (QED) is 0.669. The van der Waals surface area contributed by atoms with Gasteiger partial charge in [-0.05, 0) is 26.3 Å². The van der Waals surface area contributed by atoms with Crippen LogP contribution in [-0.4, -0.2) is 62.8 Å². The summed E-state index contributed by atoms with van der Waals surface area (Å²) in [6, 6.07) is 0. The third kappa shape index (κ3) is 4.23. The maximum Gasteiger partial charge on any atom is 0.225 e. The van der Waals surface area contributed by atoms with Crippen LogP contribution in [-0.2, 0) is 9.53 Å². The first kappa shape index (κ1) is 13.8. The standard InChI is InChI=1S/C13H25N3O2/c1-11-9-12(10-18-11)13(17)15-3-2-6-16-7-4-14-5-8-16/h11-12,14H,2-10H2,1H3,(H,15,17). The zero-order valence-corrected chi connectivity index (χ0v) is 11.3. The van der Waals surface area contributed by atoms with Gasteiger partial charge in [-0.2, -0.15) is 0 Å². The molecule has 0 aromatic heterocycles. The van der Waals surface area contributed by atoms with Gasteiger partial charge < -0.3 is 20.3 Å². The second-order valence-corrected chi connectivity index (χ2v) is 5.31. The summed E-state index contributed by atoms with van der Waals surface area (Å²) in [5.41, 5.74) is 0. The van der Waals surface area contributed by atoms with Crippen LogP contribution in [0.4, 0.5) is 0 Å². The molecule has 2 fully saturated rings. The molecule has 2 aliphatic rings. The lowest BCUT2D eigenvalue weighted by atomic mass is 10.1. The Morgan fingerprint density at radius 2 is 2.22 bits per heavy atom. The van der Waals surface area contributed by atoms with Gasteiger partial charge in [0.1, 0.15) is 0 Å². The van der Waals surface area contributed by atoms with E-state index in [1.54, 1.807) is 0 Å². The predicted molar refractivity (Wildman–Crippen MR) is 70.5 cm³/mol. The van der Waals surface area contributed by atoms with Crippen LogP contribution < -0.4 is 10.6 Å². The van der Waals surface area contributed by atoms with Gasteiger partial charge in [0, 0.05) is 32.7 Å². The number of carbonyl (C=O) groups excluding carboxylic acids is 1. The van der Waals surface area contributed by atoms with Crippen molar-refractivity contribution in [1.82, 2.24) is 15.5 Å². The third-order valence-corrected chi connectivity index (χ3v) is 3.73. The fourth-order valence-electron chi connectivity index (χ4n) is 2.59. The molecule has 104 valence electrons. The molecule has 0 spiro atoms. The minimum atomic E-state index is 0.0687. The molecule has 2 heterocycles. The van der Waals surface area contributed by atoms with Crippen molar-refractivity contribution in [2.45, 2.75) is 25.9 Å². The van der Waals surface area contributed by atoms with E-state index in [0.29, 0.717) is 6.61 Å².